The molecule has 1 atom stereocenters. The Balaban J connectivity index is 2.84. The highest BCUT2D eigenvalue weighted by molar-refractivity contribution is 7.88. The van der Waals surface area contributed by atoms with Crippen molar-refractivity contribution >= 4 is 15.9 Å². The van der Waals surface area contributed by atoms with Gasteiger partial charge < -0.3 is 4.90 Å². The average Bonchev–Trinajstić information content (AvgIpc) is 2.62. The largest absolute Gasteiger partial charge is 0.342 e. The highest BCUT2D eigenvalue weighted by Gasteiger charge is 2.38. The lowest BCUT2D eigenvalue weighted by Gasteiger charge is -2.28. The Labute approximate surface area is 97.5 Å². The van der Waals surface area contributed by atoms with Gasteiger partial charge in [-0.25, -0.2) is 8.42 Å². The van der Waals surface area contributed by atoms with Crippen LogP contribution in [0.4, 0.5) is 0 Å². The van der Waals surface area contributed by atoms with Crippen LogP contribution in [0.2, 0.25) is 0 Å². The maximum absolute atomic E-state index is 12.1. The van der Waals surface area contributed by atoms with Crippen molar-refractivity contribution in [2.75, 3.05) is 19.8 Å². The van der Waals surface area contributed by atoms with Gasteiger partial charge in [0, 0.05) is 19.6 Å². The number of carbonyl (C=O) groups is 1. The number of sulfonamides is 1. The van der Waals surface area contributed by atoms with Crippen molar-refractivity contribution in [2.45, 2.75) is 38.8 Å². The summed E-state index contributed by atoms with van der Waals surface area (Å²) in [6.45, 7) is 4.29. The molecule has 1 heterocycles. The summed E-state index contributed by atoms with van der Waals surface area (Å²) in [6.07, 6.45) is 2.55. The summed E-state index contributed by atoms with van der Waals surface area (Å²) in [7, 11) is -1.56. The van der Waals surface area contributed by atoms with Gasteiger partial charge in [-0.2, -0.15) is 4.31 Å². The molecule has 16 heavy (non-hydrogen) atoms. The molecule has 1 rings (SSSR count). The van der Waals surface area contributed by atoms with E-state index in [1.54, 1.807) is 11.9 Å². The third-order valence-electron chi connectivity index (χ3n) is 3.04. The quantitative estimate of drug-likeness (QED) is 0.720. The summed E-state index contributed by atoms with van der Waals surface area (Å²) in [4.78, 5) is 13.7. The predicted octanol–water partition coefficient (Wildman–Crippen LogP) is 0.277. The van der Waals surface area contributed by atoms with Crippen LogP contribution in [0, 0.1) is 0 Å². The number of hydrogen-bond donors (Lipinski definition) is 0. The second-order valence-corrected chi connectivity index (χ2v) is 6.51. The van der Waals surface area contributed by atoms with Crippen LogP contribution in [0.15, 0.2) is 0 Å². The second-order valence-electron chi connectivity index (χ2n) is 4.57. The topological polar surface area (TPSA) is 57.7 Å². The summed E-state index contributed by atoms with van der Waals surface area (Å²) in [5.41, 5.74) is 0. The Bertz CT molecular complexity index is 364. The van der Waals surface area contributed by atoms with Gasteiger partial charge in [0.1, 0.15) is 6.04 Å². The molecule has 0 bridgehead atoms. The summed E-state index contributed by atoms with van der Waals surface area (Å²) in [6, 6.07) is -0.406. The van der Waals surface area contributed by atoms with Crippen LogP contribution in [0.3, 0.4) is 0 Å². The van der Waals surface area contributed by atoms with Gasteiger partial charge in [0.15, 0.2) is 0 Å². The van der Waals surface area contributed by atoms with E-state index in [-0.39, 0.29) is 11.9 Å². The van der Waals surface area contributed by atoms with Gasteiger partial charge in [0.05, 0.1) is 6.26 Å². The van der Waals surface area contributed by atoms with Crippen molar-refractivity contribution in [3.8, 4) is 0 Å². The molecular formula is C10H20N2O3S. The summed E-state index contributed by atoms with van der Waals surface area (Å²) < 4.78 is 24.3. The molecule has 1 saturated heterocycles. The smallest absolute Gasteiger partial charge is 0.240 e. The molecule has 0 aromatic heterocycles. The minimum Gasteiger partial charge on any atom is -0.342 e. The number of hydrogen-bond acceptors (Lipinski definition) is 3. The second kappa shape index (κ2) is 4.71. The van der Waals surface area contributed by atoms with Gasteiger partial charge in [0.25, 0.3) is 0 Å². The number of amides is 1. The molecule has 94 valence electrons. The molecule has 5 nitrogen and oxygen atoms in total. The fourth-order valence-electron chi connectivity index (χ4n) is 1.87. The van der Waals surface area contributed by atoms with E-state index in [9.17, 15) is 13.2 Å². The molecule has 1 unspecified atom stereocenters. The number of rotatable bonds is 3. The van der Waals surface area contributed by atoms with E-state index in [0.717, 1.165) is 12.7 Å². The fraction of sp³-hybridized carbons (Fsp3) is 0.900. The normalized spacial score (nSPS) is 22.7. The molecule has 1 aliphatic rings. The third kappa shape index (κ3) is 2.74. The molecule has 0 aliphatic carbocycles. The first kappa shape index (κ1) is 13.4. The molecule has 0 aromatic rings. The molecule has 1 fully saturated rings. The Hall–Kier alpha value is -0.620. The third-order valence-corrected chi connectivity index (χ3v) is 4.33. The van der Waals surface area contributed by atoms with Crippen LogP contribution in [0.25, 0.3) is 0 Å². The zero-order valence-corrected chi connectivity index (χ0v) is 11.1. The lowest BCUT2D eigenvalue weighted by molar-refractivity contribution is -0.134. The van der Waals surface area contributed by atoms with E-state index < -0.39 is 16.1 Å². The predicted molar refractivity (Wildman–Crippen MR) is 62.5 cm³/mol. The molecule has 0 N–H and O–H groups in total. The van der Waals surface area contributed by atoms with Gasteiger partial charge in [-0.3, -0.25) is 4.79 Å². The average molecular weight is 248 g/mol. The van der Waals surface area contributed by atoms with Crippen molar-refractivity contribution in [3.05, 3.63) is 0 Å². The number of nitrogens with zero attached hydrogens (tertiary/aromatic N) is 2. The highest BCUT2D eigenvalue weighted by atomic mass is 32.2. The van der Waals surface area contributed by atoms with Crippen molar-refractivity contribution in [3.63, 3.8) is 0 Å². The van der Waals surface area contributed by atoms with E-state index in [2.05, 4.69) is 0 Å². The molecule has 0 radical (unpaired) electrons. The first-order valence-electron chi connectivity index (χ1n) is 5.48. The standard InChI is InChI=1S/C10H20N2O3S/c1-8(2)11(3)10(13)9-6-5-7-12(9)16(4,14)15/h8-9H,5-7H2,1-4H3. The molecule has 6 heteroatoms. The van der Waals surface area contributed by atoms with Crippen LogP contribution in [0.1, 0.15) is 26.7 Å². The molecule has 0 aromatic carbocycles. The van der Waals surface area contributed by atoms with Gasteiger partial charge in [0.2, 0.25) is 15.9 Å². The highest BCUT2D eigenvalue weighted by Crippen LogP contribution is 2.22. The van der Waals surface area contributed by atoms with Crippen LogP contribution < -0.4 is 0 Å². The first-order valence-corrected chi connectivity index (χ1v) is 7.33. The van der Waals surface area contributed by atoms with Crippen LogP contribution in [-0.2, 0) is 14.8 Å². The van der Waals surface area contributed by atoms with Gasteiger partial charge >= 0.3 is 0 Å². The molecule has 1 amide bonds. The van der Waals surface area contributed by atoms with Crippen molar-refractivity contribution in [1.82, 2.24) is 9.21 Å². The minimum atomic E-state index is -3.27. The SMILES string of the molecule is CC(C)N(C)C(=O)C1CCCN1S(C)(=O)=O. The van der Waals surface area contributed by atoms with Crippen molar-refractivity contribution in [1.29, 1.82) is 0 Å². The van der Waals surface area contributed by atoms with E-state index in [0.29, 0.717) is 13.0 Å². The number of likely N-dealkylation sites (N-methyl/N-ethyl adjacent to an activating group) is 1. The van der Waals surface area contributed by atoms with E-state index >= 15 is 0 Å². The summed E-state index contributed by atoms with van der Waals surface area (Å²) in [5, 5.41) is 0. The Kier molecular flexibility index (Phi) is 3.96. The van der Waals surface area contributed by atoms with Gasteiger partial charge in [-0.1, -0.05) is 0 Å². The Morgan fingerprint density at radius 1 is 1.44 bits per heavy atom. The van der Waals surface area contributed by atoms with E-state index in [4.69, 9.17) is 0 Å². The molecule has 0 spiro atoms. The minimum absolute atomic E-state index is 0.0921. The molecule has 0 saturated carbocycles. The maximum atomic E-state index is 12.1. The van der Waals surface area contributed by atoms with Crippen LogP contribution in [0.5, 0.6) is 0 Å². The molecule has 1 aliphatic heterocycles. The Morgan fingerprint density at radius 2 is 2.00 bits per heavy atom. The van der Waals surface area contributed by atoms with E-state index in [1.165, 1.54) is 4.31 Å². The first-order chi connectivity index (χ1) is 7.25. The number of carbonyl (C=O) groups excluding carboxylic acids is 1. The van der Waals surface area contributed by atoms with Gasteiger partial charge in [-0.05, 0) is 26.7 Å². The lowest BCUT2D eigenvalue weighted by atomic mass is 10.2. The van der Waals surface area contributed by atoms with Crippen molar-refractivity contribution in [2.24, 2.45) is 0 Å². The van der Waals surface area contributed by atoms with Gasteiger partial charge in [-0.15, -0.1) is 0 Å². The van der Waals surface area contributed by atoms with Crippen LogP contribution in [-0.4, -0.2) is 55.5 Å². The van der Waals surface area contributed by atoms with Crippen LogP contribution >= 0.6 is 0 Å². The summed E-state index contributed by atoms with van der Waals surface area (Å²) in [5.74, 6) is -0.0991. The monoisotopic (exact) mass is 248 g/mol. The molecular weight excluding hydrogens is 228 g/mol. The lowest BCUT2D eigenvalue weighted by Crippen LogP contribution is -2.48. The zero-order chi connectivity index (χ0) is 12.5. The maximum Gasteiger partial charge on any atom is 0.240 e. The summed E-state index contributed by atoms with van der Waals surface area (Å²) >= 11 is 0. The Morgan fingerprint density at radius 3 is 2.44 bits per heavy atom. The van der Waals surface area contributed by atoms with Crippen molar-refractivity contribution < 1.29 is 13.2 Å². The zero-order valence-electron chi connectivity index (χ0n) is 10.3. The fourth-order valence-corrected chi connectivity index (χ4v) is 2.99. The van der Waals surface area contributed by atoms with E-state index in [1.807, 2.05) is 13.8 Å².